The molecule has 1 aromatic carbocycles. The summed E-state index contributed by atoms with van der Waals surface area (Å²) >= 11 is 1.71. The number of methoxy groups -OCH3 is 1. The second-order valence-electron chi connectivity index (χ2n) is 5.61. The van der Waals surface area contributed by atoms with Gasteiger partial charge in [-0.3, -0.25) is 4.79 Å². The second kappa shape index (κ2) is 8.69. The van der Waals surface area contributed by atoms with Crippen molar-refractivity contribution < 1.29 is 9.53 Å². The molecule has 0 fully saturated rings. The van der Waals surface area contributed by atoms with E-state index in [-0.39, 0.29) is 5.91 Å². The van der Waals surface area contributed by atoms with Gasteiger partial charge in [-0.15, -0.1) is 11.8 Å². The molecule has 25 heavy (non-hydrogen) atoms. The Hall–Kier alpha value is -2.31. The molecule has 0 saturated heterocycles. The number of carbonyl (C=O) groups is 1. The number of benzene rings is 1. The van der Waals surface area contributed by atoms with Crippen molar-refractivity contribution in [2.45, 2.75) is 17.1 Å². The standard InChI is InChI=1S/C19H21N3O2S/c1-24-12-4-10-20-19(23)15-6-8-17(9-7-15)25-14-16-13-22-11-3-2-5-18(22)21-16/h2-3,5-9,11,13H,4,10,12,14H2,1H3,(H,20,23). The maximum Gasteiger partial charge on any atom is 0.251 e. The van der Waals surface area contributed by atoms with Gasteiger partial charge in [0.15, 0.2) is 0 Å². The van der Waals surface area contributed by atoms with Gasteiger partial charge in [-0.1, -0.05) is 6.07 Å². The Labute approximate surface area is 151 Å². The van der Waals surface area contributed by atoms with E-state index in [1.54, 1.807) is 18.9 Å². The van der Waals surface area contributed by atoms with Crippen molar-refractivity contribution in [3.63, 3.8) is 0 Å². The highest BCUT2D eigenvalue weighted by atomic mass is 32.2. The zero-order valence-corrected chi connectivity index (χ0v) is 15.0. The Morgan fingerprint density at radius 1 is 1.24 bits per heavy atom. The first-order valence-corrected chi connectivity index (χ1v) is 9.17. The Bertz CT molecular complexity index is 797. The fraction of sp³-hybridized carbons (Fsp3) is 0.263. The van der Waals surface area contributed by atoms with Crippen molar-refractivity contribution in [3.05, 3.63) is 66.1 Å². The molecule has 0 unspecified atom stereocenters. The largest absolute Gasteiger partial charge is 0.385 e. The van der Waals surface area contributed by atoms with Gasteiger partial charge in [0.25, 0.3) is 5.91 Å². The Morgan fingerprint density at radius 3 is 2.84 bits per heavy atom. The van der Waals surface area contributed by atoms with Gasteiger partial charge in [0.2, 0.25) is 0 Å². The molecule has 0 saturated carbocycles. The number of nitrogens with zero attached hydrogens (tertiary/aromatic N) is 2. The second-order valence-corrected chi connectivity index (χ2v) is 6.66. The number of hydrogen-bond acceptors (Lipinski definition) is 4. The summed E-state index contributed by atoms with van der Waals surface area (Å²) in [6, 6.07) is 13.6. The highest BCUT2D eigenvalue weighted by Gasteiger charge is 2.06. The topological polar surface area (TPSA) is 55.6 Å². The van der Waals surface area contributed by atoms with Crippen molar-refractivity contribution in [2.75, 3.05) is 20.3 Å². The number of carbonyl (C=O) groups excluding carboxylic acids is 1. The monoisotopic (exact) mass is 355 g/mol. The molecule has 2 heterocycles. The van der Waals surface area contributed by atoms with Crippen LogP contribution in [-0.4, -0.2) is 35.6 Å². The molecule has 1 amide bonds. The molecular formula is C19H21N3O2S. The molecule has 0 atom stereocenters. The third kappa shape index (κ3) is 4.84. The molecule has 0 radical (unpaired) electrons. The molecule has 0 bridgehead atoms. The van der Waals surface area contributed by atoms with Gasteiger partial charge in [0.1, 0.15) is 5.65 Å². The minimum absolute atomic E-state index is 0.0481. The maximum atomic E-state index is 12.0. The lowest BCUT2D eigenvalue weighted by molar-refractivity contribution is 0.0948. The number of fused-ring (bicyclic) bond motifs is 1. The van der Waals surface area contributed by atoms with Crippen molar-refractivity contribution >= 4 is 23.3 Å². The van der Waals surface area contributed by atoms with Crippen LogP contribution >= 0.6 is 11.8 Å². The molecule has 0 aliphatic heterocycles. The summed E-state index contributed by atoms with van der Waals surface area (Å²) < 4.78 is 6.99. The zero-order valence-electron chi connectivity index (χ0n) is 14.1. The third-order valence-corrected chi connectivity index (χ3v) is 4.77. The minimum atomic E-state index is -0.0481. The molecule has 6 heteroatoms. The average Bonchev–Trinajstić information content (AvgIpc) is 3.07. The number of hydrogen-bond donors (Lipinski definition) is 1. The molecule has 0 aliphatic rings. The molecular weight excluding hydrogens is 334 g/mol. The van der Waals surface area contributed by atoms with E-state index in [2.05, 4.69) is 10.3 Å². The molecule has 3 aromatic rings. The van der Waals surface area contributed by atoms with Crippen molar-refractivity contribution in [1.82, 2.24) is 14.7 Å². The van der Waals surface area contributed by atoms with Gasteiger partial charge < -0.3 is 14.5 Å². The lowest BCUT2D eigenvalue weighted by atomic mass is 10.2. The summed E-state index contributed by atoms with van der Waals surface area (Å²) in [6.07, 6.45) is 4.86. The molecule has 1 N–H and O–H groups in total. The number of thioether (sulfide) groups is 1. The molecule has 5 nitrogen and oxygen atoms in total. The summed E-state index contributed by atoms with van der Waals surface area (Å²) in [6.45, 7) is 1.27. The minimum Gasteiger partial charge on any atom is -0.385 e. The number of aromatic nitrogens is 2. The summed E-state index contributed by atoms with van der Waals surface area (Å²) in [7, 11) is 1.66. The van der Waals surface area contributed by atoms with E-state index in [0.717, 1.165) is 28.4 Å². The first-order valence-electron chi connectivity index (χ1n) is 8.19. The van der Waals surface area contributed by atoms with Crippen LogP contribution in [0.2, 0.25) is 0 Å². The van der Waals surface area contributed by atoms with E-state index in [9.17, 15) is 4.79 Å². The third-order valence-electron chi connectivity index (χ3n) is 3.73. The first-order chi connectivity index (χ1) is 12.3. The number of ether oxygens (including phenoxy) is 1. The lowest BCUT2D eigenvalue weighted by Gasteiger charge is -2.06. The van der Waals surface area contributed by atoms with E-state index < -0.39 is 0 Å². The average molecular weight is 355 g/mol. The van der Waals surface area contributed by atoms with Crippen LogP contribution in [0.5, 0.6) is 0 Å². The molecule has 130 valence electrons. The fourth-order valence-corrected chi connectivity index (χ4v) is 3.22. The Balaban J connectivity index is 1.52. The van der Waals surface area contributed by atoms with Crippen LogP contribution in [0.4, 0.5) is 0 Å². The van der Waals surface area contributed by atoms with Crippen LogP contribution in [0.1, 0.15) is 22.5 Å². The quantitative estimate of drug-likeness (QED) is 0.497. The SMILES string of the molecule is COCCCNC(=O)c1ccc(SCc2cn3ccccc3n2)cc1. The summed E-state index contributed by atoms with van der Waals surface area (Å²) in [5.74, 6) is 0.748. The van der Waals surface area contributed by atoms with Crippen LogP contribution in [0, 0.1) is 0 Å². The molecule has 0 spiro atoms. The van der Waals surface area contributed by atoms with E-state index in [4.69, 9.17) is 4.74 Å². The van der Waals surface area contributed by atoms with Gasteiger partial charge in [-0.2, -0.15) is 0 Å². The van der Waals surface area contributed by atoms with Gasteiger partial charge >= 0.3 is 0 Å². The van der Waals surface area contributed by atoms with E-state index in [1.165, 1.54) is 0 Å². The molecule has 2 aromatic heterocycles. The van der Waals surface area contributed by atoms with Gasteiger partial charge in [-0.05, 0) is 42.8 Å². The van der Waals surface area contributed by atoms with Crippen LogP contribution in [0.25, 0.3) is 5.65 Å². The highest BCUT2D eigenvalue weighted by Crippen LogP contribution is 2.23. The van der Waals surface area contributed by atoms with E-state index >= 15 is 0 Å². The predicted octanol–water partition coefficient (Wildman–Crippen LogP) is 3.39. The first kappa shape index (κ1) is 17.5. The van der Waals surface area contributed by atoms with Crippen LogP contribution in [0.15, 0.2) is 59.8 Å². The van der Waals surface area contributed by atoms with Crippen LogP contribution in [0.3, 0.4) is 0 Å². The Morgan fingerprint density at radius 2 is 2.08 bits per heavy atom. The van der Waals surface area contributed by atoms with Gasteiger partial charge in [0.05, 0.1) is 5.69 Å². The number of imidazole rings is 1. The summed E-state index contributed by atoms with van der Waals surface area (Å²) in [4.78, 5) is 17.7. The lowest BCUT2D eigenvalue weighted by Crippen LogP contribution is -2.25. The van der Waals surface area contributed by atoms with Gasteiger partial charge in [-0.25, -0.2) is 4.98 Å². The molecule has 0 aliphatic carbocycles. The summed E-state index contributed by atoms with van der Waals surface area (Å²) in [5, 5.41) is 2.89. The highest BCUT2D eigenvalue weighted by molar-refractivity contribution is 7.98. The maximum absolute atomic E-state index is 12.0. The normalized spacial score (nSPS) is 10.9. The number of pyridine rings is 1. The zero-order chi connectivity index (χ0) is 17.5. The predicted molar refractivity (Wildman–Crippen MR) is 100 cm³/mol. The van der Waals surface area contributed by atoms with Crippen molar-refractivity contribution in [3.8, 4) is 0 Å². The number of rotatable bonds is 8. The number of amides is 1. The van der Waals surface area contributed by atoms with Gasteiger partial charge in [0, 0.05) is 48.9 Å². The van der Waals surface area contributed by atoms with E-state index in [1.807, 2.05) is 59.3 Å². The Kier molecular flexibility index (Phi) is 6.09. The smallest absolute Gasteiger partial charge is 0.251 e. The molecule has 3 rings (SSSR count). The van der Waals surface area contributed by atoms with Crippen molar-refractivity contribution in [1.29, 1.82) is 0 Å². The number of nitrogens with one attached hydrogen (secondary N) is 1. The van der Waals surface area contributed by atoms with Crippen LogP contribution in [-0.2, 0) is 10.5 Å². The summed E-state index contributed by atoms with van der Waals surface area (Å²) in [5.41, 5.74) is 2.67. The van der Waals surface area contributed by atoms with Crippen molar-refractivity contribution in [2.24, 2.45) is 0 Å². The van der Waals surface area contributed by atoms with E-state index in [0.29, 0.717) is 18.7 Å². The van der Waals surface area contributed by atoms with Crippen LogP contribution < -0.4 is 5.32 Å². The fourth-order valence-electron chi connectivity index (χ4n) is 2.44.